The summed E-state index contributed by atoms with van der Waals surface area (Å²) in [6.45, 7) is 0.886. The summed E-state index contributed by atoms with van der Waals surface area (Å²) in [5, 5.41) is 0. The van der Waals surface area contributed by atoms with E-state index in [9.17, 15) is 4.79 Å². The van der Waals surface area contributed by atoms with Crippen LogP contribution in [0.4, 0.5) is 0 Å². The van der Waals surface area contributed by atoms with Gasteiger partial charge in [-0.25, -0.2) is 0 Å². The Hall–Kier alpha value is -0.540. The van der Waals surface area contributed by atoms with E-state index in [1.54, 1.807) is 0 Å². The van der Waals surface area contributed by atoms with Gasteiger partial charge in [0.15, 0.2) is 0 Å². The molecule has 1 aliphatic heterocycles. The maximum atomic E-state index is 12.4. The maximum Gasteiger partial charge on any atom is 0.227 e. The lowest BCUT2D eigenvalue weighted by Gasteiger charge is -2.35. The lowest BCUT2D eigenvalue weighted by atomic mass is 9.99. The first-order chi connectivity index (χ1) is 9.20. The predicted octanol–water partition coefficient (Wildman–Crippen LogP) is 4.00. The molecule has 0 spiro atoms. The third-order valence-electron chi connectivity index (χ3n) is 3.66. The van der Waals surface area contributed by atoms with Crippen molar-refractivity contribution in [2.75, 3.05) is 12.4 Å². The van der Waals surface area contributed by atoms with E-state index in [0.29, 0.717) is 18.3 Å². The fourth-order valence-electron chi connectivity index (χ4n) is 2.63. The van der Waals surface area contributed by atoms with Crippen LogP contribution in [-0.2, 0) is 11.2 Å². The summed E-state index contributed by atoms with van der Waals surface area (Å²) < 4.78 is 1.04. The molecule has 2 rings (SSSR count). The van der Waals surface area contributed by atoms with Gasteiger partial charge in [0.1, 0.15) is 0 Å². The molecule has 1 saturated heterocycles. The van der Waals surface area contributed by atoms with Gasteiger partial charge in [0.2, 0.25) is 5.91 Å². The molecular formula is C15H19BrClNO. The van der Waals surface area contributed by atoms with E-state index in [-0.39, 0.29) is 5.91 Å². The first-order valence-corrected chi connectivity index (χ1v) is 8.13. The molecule has 1 aliphatic rings. The van der Waals surface area contributed by atoms with Crippen LogP contribution in [0.1, 0.15) is 31.2 Å². The standard InChI is InChI=1S/C15H19BrClNO/c16-13-6-4-12(5-7-13)11-15(19)18-10-2-1-3-14(18)8-9-17/h4-7,14H,1-3,8-11H2. The van der Waals surface area contributed by atoms with Crippen molar-refractivity contribution in [2.45, 2.75) is 38.1 Å². The average molecular weight is 345 g/mol. The number of carbonyl (C=O) groups is 1. The van der Waals surface area contributed by atoms with E-state index < -0.39 is 0 Å². The lowest BCUT2D eigenvalue weighted by molar-refractivity contribution is -0.134. The Balaban J connectivity index is 1.99. The molecule has 1 fully saturated rings. The van der Waals surface area contributed by atoms with Gasteiger partial charge in [0.25, 0.3) is 0 Å². The number of alkyl halides is 1. The molecule has 1 aromatic rings. The fraction of sp³-hybridized carbons (Fsp3) is 0.533. The van der Waals surface area contributed by atoms with E-state index in [2.05, 4.69) is 15.9 Å². The molecular weight excluding hydrogens is 326 g/mol. The van der Waals surface area contributed by atoms with Crippen LogP contribution in [0.2, 0.25) is 0 Å². The highest BCUT2D eigenvalue weighted by Crippen LogP contribution is 2.21. The molecule has 1 amide bonds. The minimum atomic E-state index is 0.233. The molecule has 1 aromatic carbocycles. The second-order valence-corrected chi connectivity index (χ2v) is 6.31. The summed E-state index contributed by atoms with van der Waals surface area (Å²) in [6, 6.07) is 8.31. The van der Waals surface area contributed by atoms with Gasteiger partial charge in [-0.3, -0.25) is 4.79 Å². The zero-order chi connectivity index (χ0) is 13.7. The van der Waals surface area contributed by atoms with Crippen molar-refractivity contribution in [1.29, 1.82) is 0 Å². The largest absolute Gasteiger partial charge is 0.339 e. The lowest BCUT2D eigenvalue weighted by Crippen LogP contribution is -2.44. The van der Waals surface area contributed by atoms with Crippen LogP contribution in [0.25, 0.3) is 0 Å². The number of halogens is 2. The van der Waals surface area contributed by atoms with E-state index >= 15 is 0 Å². The molecule has 1 atom stereocenters. The van der Waals surface area contributed by atoms with Crippen molar-refractivity contribution in [2.24, 2.45) is 0 Å². The number of piperidine rings is 1. The normalized spacial score (nSPS) is 19.5. The second kappa shape index (κ2) is 7.30. The van der Waals surface area contributed by atoms with Gasteiger partial charge in [-0.05, 0) is 43.4 Å². The third kappa shape index (κ3) is 4.22. The Morgan fingerprint density at radius 2 is 2.05 bits per heavy atom. The molecule has 0 N–H and O–H groups in total. The molecule has 4 heteroatoms. The van der Waals surface area contributed by atoms with Crippen LogP contribution in [0, 0.1) is 0 Å². The highest BCUT2D eigenvalue weighted by atomic mass is 79.9. The van der Waals surface area contributed by atoms with Crippen LogP contribution in [0.15, 0.2) is 28.7 Å². The highest BCUT2D eigenvalue weighted by Gasteiger charge is 2.25. The third-order valence-corrected chi connectivity index (χ3v) is 4.41. The minimum absolute atomic E-state index is 0.233. The SMILES string of the molecule is O=C(Cc1ccc(Br)cc1)N1CCCCC1CCCl. The number of hydrogen-bond acceptors (Lipinski definition) is 1. The van der Waals surface area contributed by atoms with Crippen molar-refractivity contribution >= 4 is 33.4 Å². The van der Waals surface area contributed by atoms with Gasteiger partial charge in [-0.15, -0.1) is 11.6 Å². The van der Waals surface area contributed by atoms with Gasteiger partial charge in [-0.2, -0.15) is 0 Å². The summed E-state index contributed by atoms with van der Waals surface area (Å²) in [7, 11) is 0. The van der Waals surface area contributed by atoms with Gasteiger partial charge >= 0.3 is 0 Å². The molecule has 19 heavy (non-hydrogen) atoms. The monoisotopic (exact) mass is 343 g/mol. The predicted molar refractivity (Wildman–Crippen MR) is 82.5 cm³/mol. The molecule has 0 radical (unpaired) electrons. The molecule has 0 bridgehead atoms. The summed E-state index contributed by atoms with van der Waals surface area (Å²) in [5.74, 6) is 0.865. The van der Waals surface area contributed by atoms with Gasteiger partial charge in [0, 0.05) is 22.9 Å². The summed E-state index contributed by atoms with van der Waals surface area (Å²) in [6.07, 6.45) is 4.83. The summed E-state index contributed by atoms with van der Waals surface area (Å²) in [5.41, 5.74) is 1.07. The van der Waals surface area contributed by atoms with Crippen molar-refractivity contribution < 1.29 is 4.79 Å². The number of carbonyl (C=O) groups excluding carboxylic acids is 1. The number of benzene rings is 1. The number of nitrogens with zero attached hydrogens (tertiary/aromatic N) is 1. The van der Waals surface area contributed by atoms with Crippen LogP contribution < -0.4 is 0 Å². The van der Waals surface area contributed by atoms with Crippen LogP contribution in [-0.4, -0.2) is 29.3 Å². The minimum Gasteiger partial charge on any atom is -0.339 e. The Kier molecular flexibility index (Phi) is 5.71. The van der Waals surface area contributed by atoms with Crippen molar-refractivity contribution in [1.82, 2.24) is 4.90 Å². The van der Waals surface area contributed by atoms with Crippen molar-refractivity contribution in [3.63, 3.8) is 0 Å². The Morgan fingerprint density at radius 1 is 1.32 bits per heavy atom. The van der Waals surface area contributed by atoms with Crippen LogP contribution in [0.3, 0.4) is 0 Å². The quantitative estimate of drug-likeness (QED) is 0.756. The second-order valence-electron chi connectivity index (χ2n) is 5.02. The van der Waals surface area contributed by atoms with Gasteiger partial charge < -0.3 is 4.90 Å². The number of rotatable bonds is 4. The van der Waals surface area contributed by atoms with Gasteiger partial charge in [-0.1, -0.05) is 28.1 Å². The summed E-state index contributed by atoms with van der Waals surface area (Å²) in [4.78, 5) is 14.4. The molecule has 2 nitrogen and oxygen atoms in total. The Labute approximate surface area is 128 Å². The number of likely N-dealkylation sites (tertiary alicyclic amines) is 1. The van der Waals surface area contributed by atoms with E-state index in [1.807, 2.05) is 29.2 Å². The number of amides is 1. The smallest absolute Gasteiger partial charge is 0.227 e. The first-order valence-electron chi connectivity index (χ1n) is 6.80. The van der Waals surface area contributed by atoms with E-state index in [4.69, 9.17) is 11.6 Å². The molecule has 0 saturated carbocycles. The molecule has 1 unspecified atom stereocenters. The topological polar surface area (TPSA) is 20.3 Å². The zero-order valence-electron chi connectivity index (χ0n) is 10.9. The van der Waals surface area contributed by atoms with E-state index in [1.165, 1.54) is 6.42 Å². The van der Waals surface area contributed by atoms with E-state index in [0.717, 1.165) is 35.8 Å². The highest BCUT2D eigenvalue weighted by molar-refractivity contribution is 9.10. The first kappa shape index (κ1) is 14.9. The maximum absolute atomic E-state index is 12.4. The molecule has 1 heterocycles. The van der Waals surface area contributed by atoms with Crippen molar-refractivity contribution in [3.05, 3.63) is 34.3 Å². The average Bonchev–Trinajstić information content (AvgIpc) is 2.42. The molecule has 104 valence electrons. The number of hydrogen-bond donors (Lipinski definition) is 0. The Bertz CT molecular complexity index is 419. The summed E-state index contributed by atoms with van der Waals surface area (Å²) >= 11 is 9.25. The van der Waals surface area contributed by atoms with Crippen molar-refractivity contribution in [3.8, 4) is 0 Å². The van der Waals surface area contributed by atoms with Crippen LogP contribution >= 0.6 is 27.5 Å². The Morgan fingerprint density at radius 3 is 2.74 bits per heavy atom. The molecule has 0 aliphatic carbocycles. The zero-order valence-corrected chi connectivity index (χ0v) is 13.3. The fourth-order valence-corrected chi connectivity index (χ4v) is 3.15. The van der Waals surface area contributed by atoms with Gasteiger partial charge in [0.05, 0.1) is 6.42 Å². The van der Waals surface area contributed by atoms with Crippen LogP contribution in [0.5, 0.6) is 0 Å². The molecule has 0 aromatic heterocycles.